The van der Waals surface area contributed by atoms with E-state index in [4.69, 9.17) is 23.4 Å². The number of carbonyl (C=O) groups is 1. The third kappa shape index (κ3) is 14.7. The topological polar surface area (TPSA) is 26.3 Å². The molecule has 0 aromatic heterocycles. The number of unbranched alkanes of at least 4 members (excludes halogenated alkanes) is 9. The molecule has 0 aliphatic heterocycles. The number of ether oxygens (including phenoxy) is 1. The number of esters is 1. The number of rotatable bonds is 14. The highest BCUT2D eigenvalue weighted by molar-refractivity contribution is 8.47. The molecule has 0 spiro atoms. The van der Waals surface area contributed by atoms with E-state index in [-0.39, 0.29) is 12.6 Å². The van der Waals surface area contributed by atoms with Gasteiger partial charge < -0.3 is 4.74 Å². The van der Waals surface area contributed by atoms with Gasteiger partial charge in [0.05, 0.1) is 0 Å². The molecule has 5 heteroatoms. The Morgan fingerprint density at radius 1 is 1.04 bits per heavy atom. The van der Waals surface area contributed by atoms with E-state index in [0.29, 0.717) is 0 Å². The van der Waals surface area contributed by atoms with Gasteiger partial charge in [-0.2, -0.15) is 0 Å². The van der Waals surface area contributed by atoms with E-state index < -0.39 is 4.75 Å². The second kappa shape index (κ2) is 16.0. The predicted octanol–water partition coefficient (Wildman–Crippen LogP) is 6.61. The molecule has 0 heterocycles. The van der Waals surface area contributed by atoms with E-state index in [1.54, 1.807) is 11.8 Å². The first-order chi connectivity index (χ1) is 11.9. The van der Waals surface area contributed by atoms with E-state index in [1.165, 1.54) is 76.0 Å². The largest absolute Gasteiger partial charge is 0.451 e. The lowest BCUT2D eigenvalue weighted by atomic mass is 10.1. The van der Waals surface area contributed by atoms with Crippen molar-refractivity contribution in [3.63, 3.8) is 0 Å². The molecule has 0 saturated heterocycles. The molecule has 25 heavy (non-hydrogen) atoms. The molecule has 0 atom stereocenters. The van der Waals surface area contributed by atoms with Crippen LogP contribution in [0.3, 0.4) is 0 Å². The number of carbonyl (C=O) groups excluding carboxylic acids is 1. The first-order valence-electron chi connectivity index (χ1n) is 9.40. The summed E-state index contributed by atoms with van der Waals surface area (Å²) in [5, 5.41) is 0. The summed E-state index contributed by atoms with van der Waals surface area (Å²) < 4.78 is 5.13. The fourth-order valence-electron chi connectivity index (χ4n) is 2.31. The van der Waals surface area contributed by atoms with E-state index in [0.717, 1.165) is 9.28 Å². The van der Waals surface area contributed by atoms with Crippen molar-refractivity contribution in [1.29, 1.82) is 0 Å². The van der Waals surface area contributed by atoms with Crippen LogP contribution in [0.15, 0.2) is 0 Å². The average Bonchev–Trinajstić information content (AvgIpc) is 2.57. The van der Waals surface area contributed by atoms with Gasteiger partial charge in [0, 0.05) is 0 Å². The maximum absolute atomic E-state index is 11.9. The molecule has 0 aromatic carbocycles. The molecule has 0 rings (SSSR count). The van der Waals surface area contributed by atoms with E-state index >= 15 is 0 Å². The van der Waals surface area contributed by atoms with Crippen LogP contribution in [0, 0.1) is 12.3 Å². The molecule has 0 N–H and O–H groups in total. The summed E-state index contributed by atoms with van der Waals surface area (Å²) in [7, 11) is 0. The molecule has 0 bridgehead atoms. The molecule has 0 aliphatic rings. The van der Waals surface area contributed by atoms with Crippen molar-refractivity contribution in [2.45, 2.75) is 89.7 Å². The third-order valence-electron chi connectivity index (χ3n) is 3.83. The minimum atomic E-state index is -0.682. The second-order valence-corrected chi connectivity index (χ2v) is 10.6. The summed E-state index contributed by atoms with van der Waals surface area (Å²) in [5.74, 6) is 3.03. The van der Waals surface area contributed by atoms with Gasteiger partial charge in [0.15, 0.2) is 6.61 Å². The van der Waals surface area contributed by atoms with Crippen molar-refractivity contribution >= 4 is 45.2 Å². The molecule has 0 fully saturated rings. The highest BCUT2D eigenvalue weighted by atomic mass is 32.2. The van der Waals surface area contributed by atoms with Gasteiger partial charge in [-0.1, -0.05) is 94.6 Å². The average molecular weight is 403 g/mol. The van der Waals surface area contributed by atoms with Gasteiger partial charge in [-0.15, -0.1) is 18.2 Å². The van der Waals surface area contributed by atoms with Crippen LogP contribution in [0.25, 0.3) is 0 Å². The summed E-state index contributed by atoms with van der Waals surface area (Å²) in [6, 6.07) is 0. The Balaban J connectivity index is 3.61. The SMILES string of the molecule is C#CCOC(=O)C(C)(C)SC(=S)SCCCCCCCCCCCC. The lowest BCUT2D eigenvalue weighted by Crippen LogP contribution is -2.31. The Labute approximate surface area is 169 Å². The Kier molecular flexibility index (Phi) is 15.9. The van der Waals surface area contributed by atoms with Gasteiger partial charge in [-0.05, 0) is 26.0 Å². The molecule has 0 aliphatic carbocycles. The van der Waals surface area contributed by atoms with E-state index in [9.17, 15) is 4.79 Å². The van der Waals surface area contributed by atoms with Gasteiger partial charge in [0.2, 0.25) is 0 Å². The van der Waals surface area contributed by atoms with Crippen LogP contribution >= 0.6 is 35.7 Å². The van der Waals surface area contributed by atoms with Crippen LogP contribution < -0.4 is 0 Å². The quantitative estimate of drug-likeness (QED) is 0.141. The van der Waals surface area contributed by atoms with E-state index in [1.807, 2.05) is 13.8 Å². The fraction of sp³-hybridized carbons (Fsp3) is 0.800. The van der Waals surface area contributed by atoms with Crippen molar-refractivity contribution in [2.75, 3.05) is 12.4 Å². The maximum atomic E-state index is 11.9. The Bertz CT molecular complexity index is 414. The zero-order valence-electron chi connectivity index (χ0n) is 16.1. The lowest BCUT2D eigenvalue weighted by molar-refractivity contribution is -0.144. The van der Waals surface area contributed by atoms with Crippen LogP contribution in [-0.4, -0.2) is 26.6 Å². The number of thiocarbonyl (C=S) groups is 1. The van der Waals surface area contributed by atoms with Crippen LogP contribution in [0.5, 0.6) is 0 Å². The molecule has 0 saturated carbocycles. The smallest absolute Gasteiger partial charge is 0.323 e. The normalized spacial score (nSPS) is 11.1. The van der Waals surface area contributed by atoms with Gasteiger partial charge >= 0.3 is 5.97 Å². The minimum Gasteiger partial charge on any atom is -0.451 e. The zero-order valence-corrected chi connectivity index (χ0v) is 18.6. The number of thioether (sulfide) groups is 2. The molecular formula is C20H34O2S3. The van der Waals surface area contributed by atoms with Crippen molar-refractivity contribution in [3.05, 3.63) is 0 Å². The zero-order chi connectivity index (χ0) is 19.0. The highest BCUT2D eigenvalue weighted by Gasteiger charge is 2.31. The molecule has 0 radical (unpaired) electrons. The van der Waals surface area contributed by atoms with Crippen molar-refractivity contribution in [1.82, 2.24) is 0 Å². The Morgan fingerprint density at radius 3 is 2.08 bits per heavy atom. The third-order valence-corrected chi connectivity index (χ3v) is 6.61. The molecule has 144 valence electrons. The van der Waals surface area contributed by atoms with Gasteiger partial charge in [0.25, 0.3) is 0 Å². The fourth-order valence-corrected chi connectivity index (χ4v) is 5.37. The monoisotopic (exact) mass is 402 g/mol. The Hall–Kier alpha value is -0.180. The van der Waals surface area contributed by atoms with Gasteiger partial charge in [-0.25, -0.2) is 0 Å². The maximum Gasteiger partial charge on any atom is 0.323 e. The lowest BCUT2D eigenvalue weighted by Gasteiger charge is -2.21. The first-order valence-corrected chi connectivity index (χ1v) is 11.6. The summed E-state index contributed by atoms with van der Waals surface area (Å²) in [6.07, 6.45) is 18.5. The summed E-state index contributed by atoms with van der Waals surface area (Å²) >= 11 is 8.44. The van der Waals surface area contributed by atoms with Gasteiger partial charge in [0.1, 0.15) is 8.28 Å². The molecule has 2 nitrogen and oxygen atoms in total. The summed E-state index contributed by atoms with van der Waals surface area (Å²) in [6.45, 7) is 5.92. The number of hydrogen-bond acceptors (Lipinski definition) is 5. The number of terminal acetylenes is 1. The van der Waals surface area contributed by atoms with E-state index in [2.05, 4.69) is 12.8 Å². The predicted molar refractivity (Wildman–Crippen MR) is 118 cm³/mol. The van der Waals surface area contributed by atoms with Crippen LogP contribution in [0.1, 0.15) is 85.0 Å². The Morgan fingerprint density at radius 2 is 1.56 bits per heavy atom. The first kappa shape index (κ1) is 24.8. The molecular weight excluding hydrogens is 368 g/mol. The minimum absolute atomic E-state index is 0.0152. The second-order valence-electron chi connectivity index (χ2n) is 6.67. The molecule has 0 amide bonds. The summed E-state index contributed by atoms with van der Waals surface area (Å²) in [4.78, 5) is 11.9. The van der Waals surface area contributed by atoms with Crippen LogP contribution in [0.2, 0.25) is 0 Å². The van der Waals surface area contributed by atoms with Crippen molar-refractivity contribution in [3.8, 4) is 12.3 Å². The van der Waals surface area contributed by atoms with Crippen LogP contribution in [0.4, 0.5) is 0 Å². The summed E-state index contributed by atoms with van der Waals surface area (Å²) in [5.41, 5.74) is 0. The van der Waals surface area contributed by atoms with Crippen molar-refractivity contribution < 1.29 is 9.53 Å². The molecule has 0 aromatic rings. The molecule has 0 unspecified atom stereocenters. The number of hydrogen-bond donors (Lipinski definition) is 0. The highest BCUT2D eigenvalue weighted by Crippen LogP contribution is 2.32. The van der Waals surface area contributed by atoms with Crippen molar-refractivity contribution in [2.24, 2.45) is 0 Å². The van der Waals surface area contributed by atoms with Crippen LogP contribution in [-0.2, 0) is 9.53 Å². The standard InChI is InChI=1S/C20H34O2S3/c1-5-7-8-9-10-11-12-13-14-15-17-24-19(23)25-20(3,4)18(21)22-16-6-2/h2H,5,7-17H2,1,3-4H3. The van der Waals surface area contributed by atoms with Gasteiger partial charge in [-0.3, -0.25) is 4.79 Å².